The lowest BCUT2D eigenvalue weighted by molar-refractivity contribution is -0.145. The number of anilines is 1. The van der Waals surface area contributed by atoms with Crippen molar-refractivity contribution in [1.29, 1.82) is 0 Å². The number of hydrogen-bond donors (Lipinski definition) is 1. The average Bonchev–Trinajstić information content (AvgIpc) is 3.53. The molecule has 2 atom stereocenters. The van der Waals surface area contributed by atoms with Crippen LogP contribution >= 0.6 is 0 Å². The van der Waals surface area contributed by atoms with Crippen molar-refractivity contribution in [2.75, 3.05) is 31.2 Å². The lowest BCUT2D eigenvalue weighted by Crippen LogP contribution is -2.53. The van der Waals surface area contributed by atoms with Crippen molar-refractivity contribution in [3.63, 3.8) is 0 Å². The number of carbonyl (C=O) groups excluding carboxylic acids is 3. The first kappa shape index (κ1) is 23.1. The van der Waals surface area contributed by atoms with Crippen LogP contribution in [0.2, 0.25) is 0 Å². The highest BCUT2D eigenvalue weighted by molar-refractivity contribution is 6.50. The molecule has 2 amide bonds. The Morgan fingerprint density at radius 1 is 1.11 bits per heavy atom. The third kappa shape index (κ3) is 3.35. The molecule has 1 spiro atoms. The molecule has 5 rings (SSSR count). The molecule has 2 saturated heterocycles. The highest BCUT2D eigenvalue weighted by Gasteiger charge is 2.67. The number of aliphatic hydroxyl groups excluding tert-OH is 1. The van der Waals surface area contributed by atoms with E-state index in [1.54, 1.807) is 47.4 Å². The molecule has 0 saturated carbocycles. The number of carbonyl (C=O) groups is 3. The van der Waals surface area contributed by atoms with Crippen LogP contribution in [0, 0.1) is 0 Å². The van der Waals surface area contributed by atoms with Crippen LogP contribution in [0.5, 0.6) is 5.75 Å². The van der Waals surface area contributed by atoms with Crippen molar-refractivity contribution in [1.82, 2.24) is 4.90 Å². The van der Waals surface area contributed by atoms with Gasteiger partial charge in [-0.15, -0.1) is 0 Å². The van der Waals surface area contributed by atoms with Crippen LogP contribution in [0.1, 0.15) is 37.8 Å². The summed E-state index contributed by atoms with van der Waals surface area (Å²) in [4.78, 5) is 44.1. The first-order valence-electron chi connectivity index (χ1n) is 12.0. The van der Waals surface area contributed by atoms with Crippen LogP contribution < -0.4 is 9.64 Å². The topological polar surface area (TPSA) is 96.4 Å². The number of benzene rings is 2. The summed E-state index contributed by atoms with van der Waals surface area (Å²) in [5, 5.41) is 11.5. The number of ether oxygens (including phenoxy) is 2. The number of Topliss-reactive ketones (excluding diaryl/α,β-unsaturated/α-hetero) is 1. The average molecular weight is 477 g/mol. The van der Waals surface area contributed by atoms with Crippen molar-refractivity contribution in [3.05, 3.63) is 65.2 Å². The van der Waals surface area contributed by atoms with E-state index in [2.05, 4.69) is 0 Å². The standard InChI is InChI=1S/C27H28N2O6/c1-3-28-21-10-6-5-9-20(21)27(26(28)33)22(23(30)17-11-13-18(14-12-17)34-4-2)24(31)25(32)29(27)16-19-8-7-15-35-19/h5-6,9-14,19,30H,3-4,7-8,15-16H2,1-2H3. The van der Waals surface area contributed by atoms with Gasteiger partial charge in [0.1, 0.15) is 11.5 Å². The van der Waals surface area contributed by atoms with Crippen LogP contribution in [0.25, 0.3) is 5.76 Å². The highest BCUT2D eigenvalue weighted by atomic mass is 16.5. The van der Waals surface area contributed by atoms with E-state index in [1.165, 1.54) is 4.90 Å². The fraction of sp³-hybridized carbons (Fsp3) is 0.370. The summed E-state index contributed by atoms with van der Waals surface area (Å²) < 4.78 is 11.3. The van der Waals surface area contributed by atoms with Crippen molar-refractivity contribution >= 4 is 29.0 Å². The molecule has 182 valence electrons. The molecular weight excluding hydrogens is 448 g/mol. The second-order valence-corrected chi connectivity index (χ2v) is 8.84. The van der Waals surface area contributed by atoms with Gasteiger partial charge < -0.3 is 24.4 Å². The fourth-order valence-corrected chi connectivity index (χ4v) is 5.44. The first-order valence-corrected chi connectivity index (χ1v) is 12.0. The Morgan fingerprint density at radius 3 is 2.51 bits per heavy atom. The van der Waals surface area contributed by atoms with E-state index in [0.29, 0.717) is 42.3 Å². The number of rotatable bonds is 6. The third-order valence-electron chi connectivity index (χ3n) is 6.97. The number of para-hydroxylation sites is 1. The summed E-state index contributed by atoms with van der Waals surface area (Å²) in [5.41, 5.74) is -0.510. The molecule has 2 unspecified atom stereocenters. The van der Waals surface area contributed by atoms with Gasteiger partial charge in [0.05, 0.1) is 24.0 Å². The first-order chi connectivity index (χ1) is 16.9. The molecule has 3 aliphatic rings. The monoisotopic (exact) mass is 476 g/mol. The number of ketones is 1. The molecule has 0 radical (unpaired) electrons. The largest absolute Gasteiger partial charge is 0.507 e. The Balaban J connectivity index is 1.74. The Kier molecular flexibility index (Phi) is 5.84. The summed E-state index contributed by atoms with van der Waals surface area (Å²) in [6.07, 6.45) is 1.29. The number of aliphatic hydroxyl groups is 1. The zero-order valence-corrected chi connectivity index (χ0v) is 19.8. The van der Waals surface area contributed by atoms with E-state index < -0.39 is 23.1 Å². The number of likely N-dealkylation sites (tertiary alicyclic amines) is 1. The van der Waals surface area contributed by atoms with Crippen LogP contribution in [-0.2, 0) is 24.7 Å². The van der Waals surface area contributed by atoms with Gasteiger partial charge in [0, 0.05) is 30.8 Å². The number of amides is 2. The minimum Gasteiger partial charge on any atom is -0.507 e. The molecule has 2 fully saturated rings. The second-order valence-electron chi connectivity index (χ2n) is 8.84. The van der Waals surface area contributed by atoms with E-state index in [9.17, 15) is 19.5 Å². The summed E-state index contributed by atoms with van der Waals surface area (Å²) in [6.45, 7) is 5.20. The zero-order chi connectivity index (χ0) is 24.7. The van der Waals surface area contributed by atoms with Crippen molar-refractivity contribution in [2.24, 2.45) is 0 Å². The summed E-state index contributed by atoms with van der Waals surface area (Å²) >= 11 is 0. The van der Waals surface area contributed by atoms with E-state index in [1.807, 2.05) is 19.9 Å². The van der Waals surface area contributed by atoms with Crippen molar-refractivity contribution < 1.29 is 29.0 Å². The maximum absolute atomic E-state index is 14.2. The third-order valence-corrected chi connectivity index (χ3v) is 6.97. The van der Waals surface area contributed by atoms with Gasteiger partial charge in [0.25, 0.3) is 17.6 Å². The molecule has 0 aromatic heterocycles. The summed E-state index contributed by atoms with van der Waals surface area (Å²) in [6, 6.07) is 13.7. The van der Waals surface area contributed by atoms with Gasteiger partial charge in [-0.25, -0.2) is 0 Å². The van der Waals surface area contributed by atoms with Gasteiger partial charge in [0.2, 0.25) is 0 Å². The fourth-order valence-electron chi connectivity index (χ4n) is 5.44. The predicted octanol–water partition coefficient (Wildman–Crippen LogP) is 3.21. The van der Waals surface area contributed by atoms with E-state index in [-0.39, 0.29) is 24.0 Å². The number of hydrogen-bond acceptors (Lipinski definition) is 6. The smallest absolute Gasteiger partial charge is 0.296 e. The molecule has 2 aromatic rings. The van der Waals surface area contributed by atoms with E-state index in [0.717, 1.165) is 12.8 Å². The van der Waals surface area contributed by atoms with E-state index >= 15 is 0 Å². The Bertz CT molecular complexity index is 1210. The molecular formula is C27H28N2O6. The Labute approximate surface area is 203 Å². The lowest BCUT2D eigenvalue weighted by Gasteiger charge is -2.35. The van der Waals surface area contributed by atoms with Gasteiger partial charge in [-0.3, -0.25) is 14.4 Å². The maximum Gasteiger partial charge on any atom is 0.296 e. The Morgan fingerprint density at radius 2 is 1.86 bits per heavy atom. The lowest BCUT2D eigenvalue weighted by atomic mass is 9.81. The van der Waals surface area contributed by atoms with E-state index in [4.69, 9.17) is 9.47 Å². The minimum atomic E-state index is -1.75. The van der Waals surface area contributed by atoms with Crippen molar-refractivity contribution in [3.8, 4) is 5.75 Å². The van der Waals surface area contributed by atoms with Gasteiger partial charge >= 0.3 is 0 Å². The molecule has 3 heterocycles. The quantitative estimate of drug-likeness (QED) is 0.391. The maximum atomic E-state index is 14.2. The van der Waals surface area contributed by atoms with Crippen LogP contribution in [0.15, 0.2) is 54.1 Å². The summed E-state index contributed by atoms with van der Waals surface area (Å²) in [5.74, 6) is -1.89. The number of fused-ring (bicyclic) bond motifs is 2. The molecule has 2 aromatic carbocycles. The predicted molar refractivity (Wildman–Crippen MR) is 129 cm³/mol. The second kappa shape index (κ2) is 8.85. The summed E-state index contributed by atoms with van der Waals surface area (Å²) in [7, 11) is 0. The van der Waals surface area contributed by atoms with Crippen LogP contribution in [0.3, 0.4) is 0 Å². The molecule has 0 aliphatic carbocycles. The molecule has 1 N–H and O–H groups in total. The zero-order valence-electron chi connectivity index (χ0n) is 19.8. The molecule has 8 nitrogen and oxygen atoms in total. The number of nitrogens with zero attached hydrogens (tertiary/aromatic N) is 2. The van der Waals surface area contributed by atoms with Crippen LogP contribution in [0.4, 0.5) is 5.69 Å². The molecule has 3 aliphatic heterocycles. The Hall–Kier alpha value is -3.65. The van der Waals surface area contributed by atoms with Gasteiger partial charge in [-0.2, -0.15) is 0 Å². The SMILES string of the molecule is CCOc1ccc(C(O)=C2C(=O)C(=O)N(CC3CCCO3)C23C(=O)N(CC)c2ccccc23)cc1. The highest BCUT2D eigenvalue weighted by Crippen LogP contribution is 2.53. The van der Waals surface area contributed by atoms with Gasteiger partial charge in [-0.1, -0.05) is 18.2 Å². The van der Waals surface area contributed by atoms with Crippen LogP contribution in [-0.4, -0.2) is 60.0 Å². The minimum absolute atomic E-state index is 0.0856. The van der Waals surface area contributed by atoms with Gasteiger partial charge in [0.15, 0.2) is 5.54 Å². The molecule has 8 heteroatoms. The molecule has 0 bridgehead atoms. The normalized spacial score (nSPS) is 25.1. The van der Waals surface area contributed by atoms with Crippen molar-refractivity contribution in [2.45, 2.75) is 38.3 Å². The molecule has 35 heavy (non-hydrogen) atoms. The number of likely N-dealkylation sites (N-methyl/N-ethyl adjacent to an activating group) is 1. The van der Waals surface area contributed by atoms with Gasteiger partial charge in [-0.05, 0) is 57.0 Å².